The Hall–Kier alpha value is -1.45. The van der Waals surface area contributed by atoms with Crippen LogP contribution >= 0.6 is 0 Å². The molecule has 3 nitrogen and oxygen atoms in total. The van der Waals surface area contributed by atoms with Gasteiger partial charge in [0.05, 0.1) is 5.52 Å². The number of aliphatic hydroxyl groups excluding tert-OH is 1. The van der Waals surface area contributed by atoms with Crippen LogP contribution in [-0.4, -0.2) is 22.7 Å². The van der Waals surface area contributed by atoms with E-state index in [4.69, 9.17) is 5.11 Å². The summed E-state index contributed by atoms with van der Waals surface area (Å²) in [6, 6.07) is 10.7. The summed E-state index contributed by atoms with van der Waals surface area (Å²) in [6.07, 6.45) is 2.61. The topological polar surface area (TPSA) is 45.1 Å². The lowest BCUT2D eigenvalue weighted by atomic mass is 10.0. The molecule has 2 N–H and O–H groups in total. The zero-order valence-corrected chi connectivity index (χ0v) is 11.6. The van der Waals surface area contributed by atoms with Crippen molar-refractivity contribution in [1.29, 1.82) is 0 Å². The SMILES string of the molecule is CC(C)C(CCO)NCc1ccc2ncccc2c1. The van der Waals surface area contributed by atoms with Gasteiger partial charge in [0, 0.05) is 30.8 Å². The number of pyridine rings is 1. The highest BCUT2D eigenvalue weighted by molar-refractivity contribution is 5.78. The first kappa shape index (κ1) is 14.0. The third-order valence-electron chi connectivity index (χ3n) is 3.48. The van der Waals surface area contributed by atoms with Gasteiger partial charge >= 0.3 is 0 Å². The quantitative estimate of drug-likeness (QED) is 0.837. The Bertz CT molecular complexity index is 525. The number of benzene rings is 1. The molecule has 0 bridgehead atoms. The Kier molecular flexibility index (Phi) is 4.88. The summed E-state index contributed by atoms with van der Waals surface area (Å²) in [5, 5.41) is 13.8. The number of rotatable bonds is 6. The Morgan fingerprint density at radius 1 is 1.26 bits per heavy atom. The molecular formula is C16H22N2O. The maximum atomic E-state index is 9.08. The van der Waals surface area contributed by atoms with Crippen molar-refractivity contribution in [3.8, 4) is 0 Å². The molecule has 0 radical (unpaired) electrons. The summed E-state index contributed by atoms with van der Waals surface area (Å²) >= 11 is 0. The predicted octanol–water partition coefficient (Wildman–Crippen LogP) is 2.73. The van der Waals surface area contributed by atoms with E-state index in [-0.39, 0.29) is 6.61 Å². The van der Waals surface area contributed by atoms with Crippen LogP contribution in [0.2, 0.25) is 0 Å². The molecule has 1 aromatic carbocycles. The van der Waals surface area contributed by atoms with Gasteiger partial charge in [0.25, 0.3) is 0 Å². The zero-order chi connectivity index (χ0) is 13.7. The van der Waals surface area contributed by atoms with E-state index in [0.717, 1.165) is 18.5 Å². The normalized spacial score (nSPS) is 13.1. The number of hydrogen-bond donors (Lipinski definition) is 2. The van der Waals surface area contributed by atoms with Gasteiger partial charge in [-0.3, -0.25) is 4.98 Å². The summed E-state index contributed by atoms with van der Waals surface area (Å²) in [6.45, 7) is 5.42. The molecule has 2 rings (SSSR count). The number of aromatic nitrogens is 1. The molecular weight excluding hydrogens is 236 g/mol. The van der Waals surface area contributed by atoms with Crippen LogP contribution < -0.4 is 5.32 Å². The van der Waals surface area contributed by atoms with Crippen molar-refractivity contribution in [1.82, 2.24) is 10.3 Å². The molecule has 0 aliphatic carbocycles. The second-order valence-corrected chi connectivity index (χ2v) is 5.27. The molecule has 1 atom stereocenters. The molecule has 19 heavy (non-hydrogen) atoms. The second kappa shape index (κ2) is 6.64. The molecule has 0 saturated heterocycles. The first-order chi connectivity index (χ1) is 9.20. The van der Waals surface area contributed by atoms with Gasteiger partial charge < -0.3 is 10.4 Å². The molecule has 2 aromatic rings. The van der Waals surface area contributed by atoms with Crippen molar-refractivity contribution in [2.45, 2.75) is 32.9 Å². The van der Waals surface area contributed by atoms with Crippen LogP contribution in [0.25, 0.3) is 10.9 Å². The Balaban J connectivity index is 2.04. The van der Waals surface area contributed by atoms with Crippen LogP contribution in [0.5, 0.6) is 0 Å². The number of nitrogens with one attached hydrogen (secondary N) is 1. The molecule has 1 heterocycles. The third-order valence-corrected chi connectivity index (χ3v) is 3.48. The van der Waals surface area contributed by atoms with E-state index in [1.54, 1.807) is 0 Å². The molecule has 0 amide bonds. The fraction of sp³-hybridized carbons (Fsp3) is 0.438. The minimum Gasteiger partial charge on any atom is -0.396 e. The number of nitrogens with zero attached hydrogens (tertiary/aromatic N) is 1. The lowest BCUT2D eigenvalue weighted by Crippen LogP contribution is -2.34. The van der Waals surface area contributed by atoms with Crippen LogP contribution in [0, 0.1) is 5.92 Å². The molecule has 0 spiro atoms. The molecule has 3 heteroatoms. The molecule has 1 unspecified atom stereocenters. The van der Waals surface area contributed by atoms with Gasteiger partial charge in [-0.2, -0.15) is 0 Å². The highest BCUT2D eigenvalue weighted by atomic mass is 16.3. The van der Waals surface area contributed by atoms with Gasteiger partial charge in [0.1, 0.15) is 0 Å². The average molecular weight is 258 g/mol. The number of aliphatic hydroxyl groups is 1. The van der Waals surface area contributed by atoms with Gasteiger partial charge in [-0.1, -0.05) is 26.0 Å². The van der Waals surface area contributed by atoms with E-state index in [2.05, 4.69) is 48.4 Å². The maximum absolute atomic E-state index is 9.08. The predicted molar refractivity (Wildman–Crippen MR) is 78.9 cm³/mol. The first-order valence-electron chi connectivity index (χ1n) is 6.88. The summed E-state index contributed by atoms with van der Waals surface area (Å²) in [5.41, 5.74) is 2.28. The smallest absolute Gasteiger partial charge is 0.0702 e. The van der Waals surface area contributed by atoms with E-state index < -0.39 is 0 Å². The Morgan fingerprint density at radius 2 is 2.11 bits per heavy atom. The Labute approximate surface area is 114 Å². The van der Waals surface area contributed by atoms with E-state index in [9.17, 15) is 0 Å². The molecule has 0 fully saturated rings. The van der Waals surface area contributed by atoms with Gasteiger partial charge in [0.2, 0.25) is 0 Å². The Morgan fingerprint density at radius 3 is 2.84 bits per heavy atom. The molecule has 102 valence electrons. The van der Waals surface area contributed by atoms with Gasteiger partial charge in [0.15, 0.2) is 0 Å². The lowest BCUT2D eigenvalue weighted by Gasteiger charge is -2.21. The van der Waals surface area contributed by atoms with Crippen LogP contribution in [0.1, 0.15) is 25.8 Å². The number of hydrogen-bond acceptors (Lipinski definition) is 3. The summed E-state index contributed by atoms with van der Waals surface area (Å²) in [7, 11) is 0. The lowest BCUT2D eigenvalue weighted by molar-refractivity contribution is 0.244. The van der Waals surface area contributed by atoms with E-state index in [0.29, 0.717) is 12.0 Å². The summed E-state index contributed by atoms with van der Waals surface area (Å²) < 4.78 is 0. The minimum absolute atomic E-state index is 0.234. The van der Waals surface area contributed by atoms with Crippen molar-refractivity contribution >= 4 is 10.9 Å². The number of fused-ring (bicyclic) bond motifs is 1. The van der Waals surface area contributed by atoms with Crippen LogP contribution in [0.15, 0.2) is 36.5 Å². The van der Waals surface area contributed by atoms with Crippen molar-refractivity contribution in [2.24, 2.45) is 5.92 Å². The van der Waals surface area contributed by atoms with Crippen LogP contribution in [0.4, 0.5) is 0 Å². The van der Waals surface area contributed by atoms with E-state index in [1.165, 1.54) is 10.9 Å². The van der Waals surface area contributed by atoms with E-state index in [1.807, 2.05) is 12.3 Å². The first-order valence-corrected chi connectivity index (χ1v) is 6.88. The standard InChI is InChI=1S/C16H22N2O/c1-12(2)15(7-9-19)18-11-13-5-6-16-14(10-13)4-3-8-17-16/h3-6,8,10,12,15,18-19H,7,9,11H2,1-2H3. The monoisotopic (exact) mass is 258 g/mol. The van der Waals surface area contributed by atoms with Crippen molar-refractivity contribution < 1.29 is 5.11 Å². The maximum Gasteiger partial charge on any atom is 0.0702 e. The summed E-state index contributed by atoms with van der Waals surface area (Å²) in [5.74, 6) is 0.522. The van der Waals surface area contributed by atoms with Crippen LogP contribution in [-0.2, 0) is 6.54 Å². The van der Waals surface area contributed by atoms with Gasteiger partial charge in [-0.25, -0.2) is 0 Å². The van der Waals surface area contributed by atoms with Gasteiger partial charge in [-0.15, -0.1) is 0 Å². The largest absolute Gasteiger partial charge is 0.396 e. The third kappa shape index (κ3) is 3.75. The fourth-order valence-electron chi connectivity index (χ4n) is 2.29. The fourth-order valence-corrected chi connectivity index (χ4v) is 2.29. The molecule has 0 aliphatic rings. The average Bonchev–Trinajstić information content (AvgIpc) is 2.43. The zero-order valence-electron chi connectivity index (χ0n) is 11.6. The van der Waals surface area contributed by atoms with Crippen molar-refractivity contribution in [3.63, 3.8) is 0 Å². The molecule has 0 saturated carbocycles. The van der Waals surface area contributed by atoms with Crippen LogP contribution in [0.3, 0.4) is 0 Å². The second-order valence-electron chi connectivity index (χ2n) is 5.27. The highest BCUT2D eigenvalue weighted by Crippen LogP contribution is 2.14. The van der Waals surface area contributed by atoms with E-state index >= 15 is 0 Å². The molecule has 1 aromatic heterocycles. The minimum atomic E-state index is 0.234. The molecule has 0 aliphatic heterocycles. The van der Waals surface area contributed by atoms with Crippen molar-refractivity contribution in [3.05, 3.63) is 42.1 Å². The highest BCUT2D eigenvalue weighted by Gasteiger charge is 2.11. The van der Waals surface area contributed by atoms with Crippen molar-refractivity contribution in [2.75, 3.05) is 6.61 Å². The summed E-state index contributed by atoms with van der Waals surface area (Å²) in [4.78, 5) is 4.32. The van der Waals surface area contributed by atoms with Gasteiger partial charge in [-0.05, 0) is 36.1 Å².